The Labute approximate surface area is 123 Å². The van der Waals surface area contributed by atoms with Gasteiger partial charge in [0.1, 0.15) is 0 Å². The molecule has 0 aliphatic heterocycles. The fraction of sp³-hybridized carbons (Fsp3) is 0.562. The van der Waals surface area contributed by atoms with Crippen molar-refractivity contribution in [2.24, 2.45) is 5.92 Å². The fourth-order valence-corrected chi connectivity index (χ4v) is 3.42. The van der Waals surface area contributed by atoms with Crippen molar-refractivity contribution in [2.45, 2.75) is 51.4 Å². The van der Waals surface area contributed by atoms with Crippen LogP contribution in [0.4, 0.5) is 0 Å². The van der Waals surface area contributed by atoms with Gasteiger partial charge in [-0.15, -0.1) is 0 Å². The van der Waals surface area contributed by atoms with Gasteiger partial charge in [-0.1, -0.05) is 41.9 Å². The van der Waals surface area contributed by atoms with Crippen molar-refractivity contribution in [3.8, 4) is 0 Å². The van der Waals surface area contributed by atoms with Crippen LogP contribution in [0.25, 0.3) is 0 Å². The molecule has 0 heterocycles. The second-order valence-electron chi connectivity index (χ2n) is 5.63. The van der Waals surface area contributed by atoms with Crippen molar-refractivity contribution in [3.63, 3.8) is 0 Å². The minimum absolute atomic E-state index is 0.180. The SMILES string of the molecule is CCC(C)c1ccc(C(CC(=O)O)C2CC2)cc1Br. The van der Waals surface area contributed by atoms with Crippen LogP contribution in [-0.2, 0) is 4.79 Å². The Hall–Kier alpha value is -0.830. The Morgan fingerprint density at radius 1 is 1.47 bits per heavy atom. The molecular weight excluding hydrogens is 304 g/mol. The Morgan fingerprint density at radius 2 is 2.16 bits per heavy atom. The van der Waals surface area contributed by atoms with Crippen molar-refractivity contribution in [1.29, 1.82) is 0 Å². The Morgan fingerprint density at radius 3 is 2.63 bits per heavy atom. The molecule has 2 unspecified atom stereocenters. The van der Waals surface area contributed by atoms with Gasteiger partial charge in [0.25, 0.3) is 0 Å². The molecule has 2 atom stereocenters. The van der Waals surface area contributed by atoms with Crippen LogP contribution in [0.15, 0.2) is 22.7 Å². The first-order chi connectivity index (χ1) is 9.02. The lowest BCUT2D eigenvalue weighted by molar-refractivity contribution is -0.137. The maximum Gasteiger partial charge on any atom is 0.303 e. The Balaban J connectivity index is 2.24. The molecule has 0 amide bonds. The van der Waals surface area contributed by atoms with Crippen molar-refractivity contribution in [1.82, 2.24) is 0 Å². The molecule has 0 bridgehead atoms. The third-order valence-electron chi connectivity index (χ3n) is 4.18. The van der Waals surface area contributed by atoms with Gasteiger partial charge in [-0.05, 0) is 54.2 Å². The van der Waals surface area contributed by atoms with Gasteiger partial charge in [0.2, 0.25) is 0 Å². The van der Waals surface area contributed by atoms with E-state index < -0.39 is 5.97 Å². The third-order valence-corrected chi connectivity index (χ3v) is 4.87. The van der Waals surface area contributed by atoms with Gasteiger partial charge in [0, 0.05) is 4.47 Å². The van der Waals surface area contributed by atoms with Gasteiger partial charge >= 0.3 is 5.97 Å². The molecule has 1 aromatic carbocycles. The van der Waals surface area contributed by atoms with Gasteiger partial charge in [-0.2, -0.15) is 0 Å². The highest BCUT2D eigenvalue weighted by molar-refractivity contribution is 9.10. The van der Waals surface area contributed by atoms with E-state index in [1.807, 2.05) is 0 Å². The molecule has 1 fully saturated rings. The highest BCUT2D eigenvalue weighted by Gasteiger charge is 2.33. The van der Waals surface area contributed by atoms with E-state index in [1.54, 1.807) is 0 Å². The van der Waals surface area contributed by atoms with Crippen LogP contribution in [0.2, 0.25) is 0 Å². The standard InChI is InChI=1S/C16H21BrO2/c1-3-10(2)13-7-6-12(8-15(13)17)14(9-16(18)19)11-4-5-11/h6-8,10-11,14H,3-5,9H2,1-2H3,(H,18,19). The summed E-state index contributed by atoms with van der Waals surface area (Å²) in [5.74, 6) is 0.582. The lowest BCUT2D eigenvalue weighted by atomic mass is 9.89. The molecule has 104 valence electrons. The normalized spacial score (nSPS) is 18.1. The molecule has 19 heavy (non-hydrogen) atoms. The lowest BCUT2D eigenvalue weighted by Crippen LogP contribution is -2.09. The zero-order valence-electron chi connectivity index (χ0n) is 11.5. The minimum Gasteiger partial charge on any atom is -0.481 e. The summed E-state index contributed by atoms with van der Waals surface area (Å²) in [5, 5.41) is 9.06. The summed E-state index contributed by atoms with van der Waals surface area (Å²) in [6.07, 6.45) is 3.70. The average molecular weight is 325 g/mol. The van der Waals surface area contributed by atoms with Crippen LogP contribution >= 0.6 is 15.9 Å². The molecular formula is C16H21BrO2. The van der Waals surface area contributed by atoms with E-state index in [-0.39, 0.29) is 12.3 Å². The first kappa shape index (κ1) is 14.6. The van der Waals surface area contributed by atoms with Crippen LogP contribution in [-0.4, -0.2) is 11.1 Å². The number of benzene rings is 1. The minimum atomic E-state index is -0.695. The van der Waals surface area contributed by atoms with Crippen molar-refractivity contribution in [2.75, 3.05) is 0 Å². The third kappa shape index (κ3) is 3.59. The number of rotatable bonds is 6. The quantitative estimate of drug-likeness (QED) is 0.805. The van der Waals surface area contributed by atoms with E-state index in [9.17, 15) is 4.79 Å². The van der Waals surface area contributed by atoms with Crippen LogP contribution in [0.3, 0.4) is 0 Å². The van der Waals surface area contributed by atoms with E-state index in [0.29, 0.717) is 11.8 Å². The average Bonchev–Trinajstić information content (AvgIpc) is 3.19. The first-order valence-electron chi connectivity index (χ1n) is 7.04. The highest BCUT2D eigenvalue weighted by atomic mass is 79.9. The number of hydrogen-bond acceptors (Lipinski definition) is 1. The first-order valence-corrected chi connectivity index (χ1v) is 7.83. The largest absolute Gasteiger partial charge is 0.481 e. The molecule has 0 saturated heterocycles. The van der Waals surface area contributed by atoms with E-state index in [4.69, 9.17) is 5.11 Å². The summed E-state index contributed by atoms with van der Waals surface area (Å²) in [7, 11) is 0. The summed E-state index contributed by atoms with van der Waals surface area (Å²) in [5.41, 5.74) is 2.49. The second kappa shape index (κ2) is 6.08. The molecule has 3 heteroatoms. The Kier molecular flexibility index (Phi) is 4.67. The van der Waals surface area contributed by atoms with Gasteiger partial charge in [-0.25, -0.2) is 0 Å². The molecule has 1 aliphatic carbocycles. The predicted octanol–water partition coefficient (Wildman–Crippen LogP) is 4.93. The molecule has 0 aromatic heterocycles. The van der Waals surface area contributed by atoms with E-state index in [0.717, 1.165) is 10.9 Å². The zero-order valence-corrected chi connectivity index (χ0v) is 13.1. The maximum absolute atomic E-state index is 11.0. The van der Waals surface area contributed by atoms with Gasteiger partial charge in [0.15, 0.2) is 0 Å². The number of carboxylic acids is 1. The summed E-state index contributed by atoms with van der Waals surface area (Å²) < 4.78 is 1.12. The molecule has 0 spiro atoms. The molecule has 1 aromatic rings. The number of carbonyl (C=O) groups is 1. The summed E-state index contributed by atoms with van der Waals surface area (Å²) >= 11 is 3.65. The lowest BCUT2D eigenvalue weighted by Gasteiger charge is -2.18. The highest BCUT2D eigenvalue weighted by Crippen LogP contribution is 2.45. The van der Waals surface area contributed by atoms with Gasteiger partial charge in [0.05, 0.1) is 6.42 Å². The molecule has 1 saturated carbocycles. The second-order valence-corrected chi connectivity index (χ2v) is 6.49. The number of hydrogen-bond donors (Lipinski definition) is 1. The summed E-state index contributed by atoms with van der Waals surface area (Å²) in [4.78, 5) is 11.0. The number of carboxylic acid groups (broad SMARTS) is 1. The van der Waals surface area contributed by atoms with E-state index in [1.165, 1.54) is 24.0 Å². The van der Waals surface area contributed by atoms with Gasteiger partial charge in [-0.3, -0.25) is 4.79 Å². The van der Waals surface area contributed by atoms with E-state index >= 15 is 0 Å². The van der Waals surface area contributed by atoms with Crippen molar-refractivity contribution < 1.29 is 9.90 Å². The topological polar surface area (TPSA) is 37.3 Å². The monoisotopic (exact) mass is 324 g/mol. The predicted molar refractivity (Wildman–Crippen MR) is 80.6 cm³/mol. The van der Waals surface area contributed by atoms with Crippen LogP contribution in [0.5, 0.6) is 0 Å². The summed E-state index contributed by atoms with van der Waals surface area (Å²) in [6, 6.07) is 6.41. The molecule has 2 nitrogen and oxygen atoms in total. The fourth-order valence-electron chi connectivity index (χ4n) is 2.64. The van der Waals surface area contributed by atoms with Crippen LogP contribution < -0.4 is 0 Å². The number of halogens is 1. The molecule has 1 N–H and O–H groups in total. The maximum atomic E-state index is 11.0. The van der Waals surface area contributed by atoms with Crippen molar-refractivity contribution in [3.05, 3.63) is 33.8 Å². The molecule has 0 radical (unpaired) electrons. The van der Waals surface area contributed by atoms with Crippen LogP contribution in [0.1, 0.15) is 62.5 Å². The summed E-state index contributed by atoms with van der Waals surface area (Å²) in [6.45, 7) is 4.40. The number of aliphatic carboxylic acids is 1. The molecule has 1 aliphatic rings. The Bertz CT molecular complexity index is 466. The van der Waals surface area contributed by atoms with Crippen molar-refractivity contribution >= 4 is 21.9 Å². The van der Waals surface area contributed by atoms with Crippen LogP contribution in [0, 0.1) is 5.92 Å². The van der Waals surface area contributed by atoms with E-state index in [2.05, 4.69) is 48.0 Å². The van der Waals surface area contributed by atoms with Gasteiger partial charge < -0.3 is 5.11 Å². The molecule has 2 rings (SSSR count). The smallest absolute Gasteiger partial charge is 0.303 e. The zero-order chi connectivity index (χ0) is 14.0.